The summed E-state index contributed by atoms with van der Waals surface area (Å²) in [5, 5.41) is 9.59. The lowest BCUT2D eigenvalue weighted by molar-refractivity contribution is 0.0729. The van der Waals surface area contributed by atoms with Crippen LogP contribution < -0.4 is 5.32 Å². The van der Waals surface area contributed by atoms with Gasteiger partial charge in [-0.3, -0.25) is 9.48 Å². The number of nitrogens with zero attached hydrogens (tertiary/aromatic N) is 5. The second kappa shape index (κ2) is 7.02. The molecule has 3 aromatic rings. The van der Waals surface area contributed by atoms with Crippen LogP contribution in [0.5, 0.6) is 0 Å². The number of nitrogens with one attached hydrogen (secondary N) is 1. The van der Waals surface area contributed by atoms with Crippen LogP contribution in [0.2, 0.25) is 0 Å². The van der Waals surface area contributed by atoms with Gasteiger partial charge in [-0.05, 0) is 23.6 Å². The maximum absolute atomic E-state index is 12.8. The molecule has 0 aromatic carbocycles. The fraction of sp³-hybridized carbons (Fsp3) is 0.294. The molecule has 4 rings (SSSR count). The van der Waals surface area contributed by atoms with Crippen molar-refractivity contribution in [3.63, 3.8) is 0 Å². The Bertz CT molecular complexity index is 832. The molecule has 0 saturated heterocycles. The first kappa shape index (κ1) is 15.8. The number of hydrogen-bond acceptors (Lipinski definition) is 6. The second-order valence-corrected chi connectivity index (χ2v) is 6.93. The maximum atomic E-state index is 12.8. The van der Waals surface area contributed by atoms with Crippen molar-refractivity contribution in [2.75, 3.05) is 18.4 Å². The lowest BCUT2D eigenvalue weighted by atomic mass is 10.1. The van der Waals surface area contributed by atoms with Crippen molar-refractivity contribution in [2.24, 2.45) is 5.92 Å². The molecule has 0 bridgehead atoms. The molecule has 0 aliphatic carbocycles. The molecule has 1 atom stereocenters. The minimum absolute atomic E-state index is 0.0746. The highest BCUT2D eigenvalue weighted by molar-refractivity contribution is 7.12. The van der Waals surface area contributed by atoms with Gasteiger partial charge in [-0.15, -0.1) is 11.3 Å². The van der Waals surface area contributed by atoms with Gasteiger partial charge in [0.05, 0.1) is 17.1 Å². The fourth-order valence-corrected chi connectivity index (χ4v) is 3.69. The number of hydrogen-bond donors (Lipinski definition) is 1. The van der Waals surface area contributed by atoms with Crippen LogP contribution in [-0.2, 0) is 13.1 Å². The number of rotatable bonds is 4. The Hall–Kier alpha value is -2.74. The highest BCUT2D eigenvalue weighted by Crippen LogP contribution is 2.20. The summed E-state index contributed by atoms with van der Waals surface area (Å²) in [5.74, 6) is 0.892. The van der Waals surface area contributed by atoms with E-state index in [1.807, 2.05) is 33.2 Å². The van der Waals surface area contributed by atoms with Crippen LogP contribution in [0.25, 0.3) is 0 Å². The van der Waals surface area contributed by atoms with Gasteiger partial charge in [-0.1, -0.05) is 6.07 Å². The van der Waals surface area contributed by atoms with Gasteiger partial charge in [0.25, 0.3) is 5.91 Å². The maximum Gasteiger partial charge on any atom is 0.264 e. The molecule has 1 N–H and O–H groups in total. The van der Waals surface area contributed by atoms with Crippen molar-refractivity contribution in [1.29, 1.82) is 0 Å². The zero-order valence-electron chi connectivity index (χ0n) is 13.6. The zero-order chi connectivity index (χ0) is 17.1. The van der Waals surface area contributed by atoms with Gasteiger partial charge in [0.15, 0.2) is 0 Å². The average Bonchev–Trinajstić information content (AvgIpc) is 3.29. The van der Waals surface area contributed by atoms with Crippen LogP contribution in [0, 0.1) is 5.92 Å². The number of amides is 1. The van der Waals surface area contributed by atoms with Crippen molar-refractivity contribution in [1.82, 2.24) is 24.6 Å². The number of carbonyl (C=O) groups excluding carboxylic acids is 1. The molecule has 7 nitrogen and oxygen atoms in total. The van der Waals surface area contributed by atoms with Crippen molar-refractivity contribution in [3.05, 3.63) is 58.8 Å². The molecular weight excluding hydrogens is 336 g/mol. The third-order valence-corrected chi connectivity index (χ3v) is 5.06. The molecule has 3 aromatic heterocycles. The largest absolute Gasteiger partial charge is 0.354 e. The Balaban J connectivity index is 1.52. The van der Waals surface area contributed by atoms with E-state index < -0.39 is 0 Å². The third kappa shape index (κ3) is 3.53. The molecule has 128 valence electrons. The second-order valence-electron chi connectivity index (χ2n) is 5.99. The lowest BCUT2D eigenvalue weighted by Crippen LogP contribution is -2.35. The number of carbonyl (C=O) groups is 1. The summed E-state index contributed by atoms with van der Waals surface area (Å²) in [6, 6.07) is 7.55. The minimum atomic E-state index is 0.0746. The molecule has 0 saturated carbocycles. The quantitative estimate of drug-likeness (QED) is 0.777. The first-order valence-corrected chi connectivity index (χ1v) is 9.02. The molecular formula is C17H18N6OS. The van der Waals surface area contributed by atoms with Crippen LogP contribution in [0.1, 0.15) is 15.4 Å². The summed E-state index contributed by atoms with van der Waals surface area (Å²) >= 11 is 1.48. The van der Waals surface area contributed by atoms with Crippen molar-refractivity contribution < 1.29 is 4.79 Å². The van der Waals surface area contributed by atoms with E-state index >= 15 is 0 Å². The molecule has 25 heavy (non-hydrogen) atoms. The summed E-state index contributed by atoms with van der Waals surface area (Å²) in [7, 11) is 0. The highest BCUT2D eigenvalue weighted by atomic mass is 32.1. The van der Waals surface area contributed by atoms with Crippen LogP contribution in [0.4, 0.5) is 5.95 Å². The van der Waals surface area contributed by atoms with E-state index in [4.69, 9.17) is 0 Å². The number of aromatic nitrogens is 4. The third-order valence-electron chi connectivity index (χ3n) is 4.20. The Morgan fingerprint density at radius 3 is 2.88 bits per heavy atom. The van der Waals surface area contributed by atoms with Gasteiger partial charge in [0.1, 0.15) is 0 Å². The van der Waals surface area contributed by atoms with Crippen molar-refractivity contribution in [2.45, 2.75) is 13.1 Å². The molecule has 4 heterocycles. The number of fused-ring (bicyclic) bond motifs is 1. The van der Waals surface area contributed by atoms with Gasteiger partial charge in [0.2, 0.25) is 5.95 Å². The molecule has 1 unspecified atom stereocenters. The van der Waals surface area contributed by atoms with E-state index in [9.17, 15) is 4.79 Å². The zero-order valence-corrected chi connectivity index (χ0v) is 14.4. The molecule has 0 spiro atoms. The Morgan fingerprint density at radius 2 is 2.08 bits per heavy atom. The van der Waals surface area contributed by atoms with E-state index in [2.05, 4.69) is 20.4 Å². The SMILES string of the molecule is O=C(c1cccs1)N1Cc2ccnn2CC(CNc2ncccn2)C1. The molecule has 1 aliphatic heterocycles. The summed E-state index contributed by atoms with van der Waals surface area (Å²) in [4.78, 5) is 23.9. The van der Waals surface area contributed by atoms with Gasteiger partial charge < -0.3 is 10.2 Å². The van der Waals surface area contributed by atoms with E-state index in [0.29, 0.717) is 25.6 Å². The fourth-order valence-electron chi connectivity index (χ4n) is 3.00. The van der Waals surface area contributed by atoms with E-state index in [1.54, 1.807) is 24.7 Å². The Kier molecular flexibility index (Phi) is 4.43. The molecule has 0 fully saturated rings. The standard InChI is InChI=1S/C17H18N6OS/c24-16(15-3-1-8-25-15)22-10-13(9-20-17-18-5-2-6-19-17)11-23-14(12-22)4-7-21-23/h1-8,13H,9-12H2,(H,18,19,20). The number of thiophene rings is 1. The van der Waals surface area contributed by atoms with E-state index in [1.165, 1.54) is 11.3 Å². The monoisotopic (exact) mass is 354 g/mol. The smallest absolute Gasteiger partial charge is 0.264 e. The Labute approximate surface area is 149 Å². The molecule has 0 radical (unpaired) electrons. The summed E-state index contributed by atoms with van der Waals surface area (Å²) in [6.07, 6.45) is 5.21. The van der Waals surface area contributed by atoms with Crippen LogP contribution in [0.15, 0.2) is 48.2 Å². The normalized spacial score (nSPS) is 17.0. The van der Waals surface area contributed by atoms with E-state index in [-0.39, 0.29) is 11.8 Å². The van der Waals surface area contributed by atoms with Crippen molar-refractivity contribution in [3.8, 4) is 0 Å². The van der Waals surface area contributed by atoms with Crippen LogP contribution in [0.3, 0.4) is 0 Å². The van der Waals surface area contributed by atoms with Gasteiger partial charge >= 0.3 is 0 Å². The molecule has 8 heteroatoms. The first-order valence-electron chi connectivity index (χ1n) is 8.14. The predicted molar refractivity (Wildman–Crippen MR) is 95.3 cm³/mol. The van der Waals surface area contributed by atoms with Crippen molar-refractivity contribution >= 4 is 23.2 Å². The lowest BCUT2D eigenvalue weighted by Gasteiger charge is -2.23. The Morgan fingerprint density at radius 1 is 1.20 bits per heavy atom. The summed E-state index contributed by atoms with van der Waals surface area (Å²) < 4.78 is 1.99. The predicted octanol–water partition coefficient (Wildman–Crippen LogP) is 2.12. The van der Waals surface area contributed by atoms with Gasteiger partial charge in [-0.2, -0.15) is 5.10 Å². The van der Waals surface area contributed by atoms with Gasteiger partial charge in [-0.25, -0.2) is 9.97 Å². The highest BCUT2D eigenvalue weighted by Gasteiger charge is 2.26. The topological polar surface area (TPSA) is 75.9 Å². The van der Waals surface area contributed by atoms with Gasteiger partial charge in [0, 0.05) is 44.1 Å². The first-order chi connectivity index (χ1) is 12.3. The van der Waals surface area contributed by atoms with E-state index in [0.717, 1.165) is 17.1 Å². The summed E-state index contributed by atoms with van der Waals surface area (Å²) in [6.45, 7) is 2.68. The minimum Gasteiger partial charge on any atom is -0.354 e. The van der Waals surface area contributed by atoms with Crippen LogP contribution >= 0.6 is 11.3 Å². The number of anilines is 1. The average molecular weight is 354 g/mol. The summed E-state index contributed by atoms with van der Waals surface area (Å²) in [5.41, 5.74) is 1.06. The van der Waals surface area contributed by atoms with Crippen LogP contribution in [-0.4, -0.2) is 43.6 Å². The molecule has 1 aliphatic rings. The molecule has 1 amide bonds.